The highest BCUT2D eigenvalue weighted by molar-refractivity contribution is 6.34. The van der Waals surface area contributed by atoms with E-state index in [1.807, 2.05) is 6.92 Å². The standard InChI is InChI=1S/C13H9Cl2F3N2O/c1-2-9-10(14)19-12(20-11(9)15)7-3-5-8(6-4-7)21-13(16,17)18/h3-6H,2H2,1H3. The molecule has 0 saturated carbocycles. The molecule has 0 spiro atoms. The Labute approximate surface area is 128 Å². The van der Waals surface area contributed by atoms with Gasteiger partial charge in [0.05, 0.1) is 0 Å². The molecule has 0 atom stereocenters. The first-order valence-corrected chi connectivity index (χ1v) is 6.64. The molecule has 0 saturated heterocycles. The molecule has 21 heavy (non-hydrogen) atoms. The Morgan fingerprint density at radius 1 is 1.05 bits per heavy atom. The molecule has 0 amide bonds. The Bertz CT molecular complexity index is 622. The molecular formula is C13H9Cl2F3N2O. The number of hydrogen-bond donors (Lipinski definition) is 0. The first kappa shape index (κ1) is 15.9. The van der Waals surface area contributed by atoms with Crippen LogP contribution in [0.25, 0.3) is 11.4 Å². The van der Waals surface area contributed by atoms with E-state index in [2.05, 4.69) is 14.7 Å². The van der Waals surface area contributed by atoms with Gasteiger partial charge in [0, 0.05) is 11.1 Å². The molecule has 1 aromatic heterocycles. The molecule has 0 bridgehead atoms. The number of halogens is 5. The van der Waals surface area contributed by atoms with Crippen molar-refractivity contribution in [1.29, 1.82) is 0 Å². The molecule has 0 aliphatic heterocycles. The van der Waals surface area contributed by atoms with Gasteiger partial charge < -0.3 is 4.74 Å². The maximum Gasteiger partial charge on any atom is 0.573 e. The van der Waals surface area contributed by atoms with Gasteiger partial charge in [0.25, 0.3) is 0 Å². The lowest BCUT2D eigenvalue weighted by Crippen LogP contribution is -2.16. The fourth-order valence-corrected chi connectivity index (χ4v) is 2.31. The number of benzene rings is 1. The molecule has 0 aliphatic rings. The molecule has 0 fully saturated rings. The number of rotatable bonds is 3. The highest BCUT2D eigenvalue weighted by atomic mass is 35.5. The summed E-state index contributed by atoms with van der Waals surface area (Å²) in [6, 6.07) is 5.13. The third-order valence-electron chi connectivity index (χ3n) is 2.61. The van der Waals surface area contributed by atoms with Crippen LogP contribution in [0.2, 0.25) is 10.3 Å². The molecule has 8 heteroatoms. The predicted octanol–water partition coefficient (Wildman–Crippen LogP) is 4.91. The van der Waals surface area contributed by atoms with E-state index in [-0.39, 0.29) is 21.9 Å². The SMILES string of the molecule is CCc1c(Cl)nc(-c2ccc(OC(F)(F)F)cc2)nc1Cl. The normalized spacial score (nSPS) is 11.5. The summed E-state index contributed by atoms with van der Waals surface area (Å²) in [7, 11) is 0. The number of nitrogens with zero attached hydrogens (tertiary/aromatic N) is 2. The Morgan fingerprint density at radius 2 is 1.57 bits per heavy atom. The lowest BCUT2D eigenvalue weighted by atomic mass is 10.2. The van der Waals surface area contributed by atoms with Crippen LogP contribution in [0.5, 0.6) is 5.75 Å². The van der Waals surface area contributed by atoms with Gasteiger partial charge in [0.15, 0.2) is 5.82 Å². The fraction of sp³-hybridized carbons (Fsp3) is 0.231. The van der Waals surface area contributed by atoms with Crippen molar-refractivity contribution >= 4 is 23.2 Å². The fourth-order valence-electron chi connectivity index (χ4n) is 1.66. The van der Waals surface area contributed by atoms with E-state index in [1.165, 1.54) is 24.3 Å². The second kappa shape index (κ2) is 6.07. The maximum atomic E-state index is 12.1. The van der Waals surface area contributed by atoms with Crippen LogP contribution in [0.4, 0.5) is 13.2 Å². The summed E-state index contributed by atoms with van der Waals surface area (Å²) in [6.07, 6.45) is -4.15. The van der Waals surface area contributed by atoms with Gasteiger partial charge in [0.1, 0.15) is 16.1 Å². The molecule has 0 unspecified atom stereocenters. The average molecular weight is 337 g/mol. The molecule has 0 radical (unpaired) electrons. The smallest absolute Gasteiger partial charge is 0.406 e. The van der Waals surface area contributed by atoms with Crippen LogP contribution in [-0.2, 0) is 6.42 Å². The Kier molecular flexibility index (Phi) is 4.58. The van der Waals surface area contributed by atoms with Crippen molar-refractivity contribution in [1.82, 2.24) is 9.97 Å². The summed E-state index contributed by atoms with van der Waals surface area (Å²) in [6.45, 7) is 1.86. The molecule has 2 aromatic rings. The maximum absolute atomic E-state index is 12.1. The van der Waals surface area contributed by atoms with Crippen molar-refractivity contribution in [2.75, 3.05) is 0 Å². The zero-order chi connectivity index (χ0) is 15.6. The summed E-state index contributed by atoms with van der Waals surface area (Å²) < 4.78 is 40.0. The van der Waals surface area contributed by atoms with Gasteiger partial charge in [-0.25, -0.2) is 9.97 Å². The lowest BCUT2D eigenvalue weighted by Gasteiger charge is -2.10. The van der Waals surface area contributed by atoms with Gasteiger partial charge >= 0.3 is 6.36 Å². The van der Waals surface area contributed by atoms with Crippen LogP contribution in [0.15, 0.2) is 24.3 Å². The summed E-state index contributed by atoms with van der Waals surface area (Å²) in [4.78, 5) is 8.17. The third kappa shape index (κ3) is 3.98. The number of aromatic nitrogens is 2. The van der Waals surface area contributed by atoms with E-state index in [0.29, 0.717) is 17.5 Å². The van der Waals surface area contributed by atoms with Crippen molar-refractivity contribution in [3.05, 3.63) is 40.1 Å². The topological polar surface area (TPSA) is 35.0 Å². The monoisotopic (exact) mass is 336 g/mol. The zero-order valence-electron chi connectivity index (χ0n) is 10.7. The first-order chi connectivity index (χ1) is 9.80. The summed E-state index contributed by atoms with van der Waals surface area (Å²) in [5.74, 6) is -0.0885. The van der Waals surface area contributed by atoms with Crippen LogP contribution < -0.4 is 4.74 Å². The minimum absolute atomic E-state index is 0.225. The summed E-state index contributed by atoms with van der Waals surface area (Å²) >= 11 is 12.0. The highest BCUT2D eigenvalue weighted by Crippen LogP contribution is 2.28. The van der Waals surface area contributed by atoms with Gasteiger partial charge in [-0.3, -0.25) is 0 Å². The molecule has 1 aromatic carbocycles. The lowest BCUT2D eigenvalue weighted by molar-refractivity contribution is -0.274. The average Bonchev–Trinajstić information content (AvgIpc) is 2.37. The summed E-state index contributed by atoms with van der Waals surface area (Å²) in [5, 5.41) is 0.450. The predicted molar refractivity (Wildman–Crippen MR) is 73.5 cm³/mol. The van der Waals surface area contributed by atoms with E-state index in [4.69, 9.17) is 23.2 Å². The van der Waals surface area contributed by atoms with Crippen molar-refractivity contribution in [2.24, 2.45) is 0 Å². The molecular weight excluding hydrogens is 328 g/mol. The van der Waals surface area contributed by atoms with Crippen LogP contribution in [0, 0.1) is 0 Å². The number of alkyl halides is 3. The quantitative estimate of drug-likeness (QED) is 0.747. The molecule has 1 heterocycles. The molecule has 0 aliphatic carbocycles. The third-order valence-corrected chi connectivity index (χ3v) is 3.23. The number of hydrogen-bond acceptors (Lipinski definition) is 3. The minimum atomic E-state index is -4.73. The van der Waals surface area contributed by atoms with Gasteiger partial charge in [-0.1, -0.05) is 30.1 Å². The van der Waals surface area contributed by atoms with Gasteiger partial charge in [-0.15, -0.1) is 13.2 Å². The van der Waals surface area contributed by atoms with E-state index >= 15 is 0 Å². The second-order valence-corrected chi connectivity index (χ2v) is 4.75. The van der Waals surface area contributed by atoms with Crippen molar-refractivity contribution < 1.29 is 17.9 Å². The van der Waals surface area contributed by atoms with Gasteiger partial charge in [-0.05, 0) is 30.7 Å². The van der Waals surface area contributed by atoms with Crippen LogP contribution in [0.1, 0.15) is 12.5 Å². The highest BCUT2D eigenvalue weighted by Gasteiger charge is 2.31. The van der Waals surface area contributed by atoms with Gasteiger partial charge in [0.2, 0.25) is 0 Å². The molecule has 2 rings (SSSR count). The summed E-state index contributed by atoms with van der Waals surface area (Å²) in [5.41, 5.74) is 1.11. The van der Waals surface area contributed by atoms with Crippen molar-refractivity contribution in [3.8, 4) is 17.1 Å². The van der Waals surface area contributed by atoms with Crippen LogP contribution >= 0.6 is 23.2 Å². The molecule has 112 valence electrons. The first-order valence-electron chi connectivity index (χ1n) is 5.88. The van der Waals surface area contributed by atoms with E-state index in [9.17, 15) is 13.2 Å². The largest absolute Gasteiger partial charge is 0.573 e. The molecule has 3 nitrogen and oxygen atoms in total. The molecule has 0 N–H and O–H groups in total. The Balaban J connectivity index is 2.31. The number of ether oxygens (including phenoxy) is 1. The van der Waals surface area contributed by atoms with E-state index in [0.717, 1.165) is 0 Å². The van der Waals surface area contributed by atoms with Gasteiger partial charge in [-0.2, -0.15) is 0 Å². The Morgan fingerprint density at radius 3 is 2.00 bits per heavy atom. The van der Waals surface area contributed by atoms with Crippen LogP contribution in [0.3, 0.4) is 0 Å². The van der Waals surface area contributed by atoms with Crippen molar-refractivity contribution in [2.45, 2.75) is 19.7 Å². The second-order valence-electron chi connectivity index (χ2n) is 4.03. The van der Waals surface area contributed by atoms with E-state index in [1.54, 1.807) is 0 Å². The Hall–Kier alpha value is -1.53. The van der Waals surface area contributed by atoms with Crippen molar-refractivity contribution in [3.63, 3.8) is 0 Å². The zero-order valence-corrected chi connectivity index (χ0v) is 12.2. The van der Waals surface area contributed by atoms with E-state index < -0.39 is 6.36 Å². The minimum Gasteiger partial charge on any atom is -0.406 e. The van der Waals surface area contributed by atoms with Crippen LogP contribution in [-0.4, -0.2) is 16.3 Å².